The van der Waals surface area contributed by atoms with E-state index in [4.69, 9.17) is 5.73 Å². The topological polar surface area (TPSA) is 63.4 Å². The van der Waals surface area contributed by atoms with Crippen molar-refractivity contribution in [3.63, 3.8) is 0 Å². The van der Waals surface area contributed by atoms with Crippen LogP contribution in [0.5, 0.6) is 0 Å². The molecule has 1 aliphatic heterocycles. The third-order valence-electron chi connectivity index (χ3n) is 3.68. The zero-order chi connectivity index (χ0) is 14.2. The fourth-order valence-corrected chi connectivity index (χ4v) is 5.19. The molecule has 2 N–H and O–H groups in total. The molecule has 0 aliphatic carbocycles. The van der Waals surface area contributed by atoms with E-state index in [2.05, 4.69) is 6.92 Å². The van der Waals surface area contributed by atoms with Gasteiger partial charge in [0.2, 0.25) is 10.0 Å². The van der Waals surface area contributed by atoms with E-state index in [1.165, 1.54) is 0 Å². The molecular weight excluding hydrogens is 280 g/mol. The monoisotopic (exact) mass is 300 g/mol. The maximum Gasteiger partial charge on any atom is 0.243 e. The summed E-state index contributed by atoms with van der Waals surface area (Å²) in [6.45, 7) is 6.46. The number of sulfonamides is 1. The van der Waals surface area contributed by atoms with E-state index < -0.39 is 10.0 Å². The molecule has 1 heterocycles. The summed E-state index contributed by atoms with van der Waals surface area (Å²) in [5, 5.41) is 0.311. The van der Waals surface area contributed by atoms with Gasteiger partial charge in [0.15, 0.2) is 0 Å². The van der Waals surface area contributed by atoms with Crippen LogP contribution in [0.3, 0.4) is 0 Å². The maximum absolute atomic E-state index is 12.7. The van der Waals surface area contributed by atoms with Crippen LogP contribution in [0.25, 0.3) is 0 Å². The molecule has 2 rings (SSSR count). The maximum atomic E-state index is 12.7. The van der Waals surface area contributed by atoms with Crippen LogP contribution in [0, 0.1) is 6.92 Å². The Morgan fingerprint density at radius 1 is 1.37 bits per heavy atom. The standard InChI is InChI=1S/C13H20N2O2S2/c1-9-4-5-12(8-13(9)14)19(16,17)15-6-7-18-11(3)10(15)2/h4-5,8,10-11H,6-7,14H2,1-3H3. The van der Waals surface area contributed by atoms with Gasteiger partial charge in [-0.05, 0) is 31.5 Å². The number of thioether (sulfide) groups is 1. The van der Waals surface area contributed by atoms with Gasteiger partial charge >= 0.3 is 0 Å². The van der Waals surface area contributed by atoms with Crippen molar-refractivity contribution in [1.29, 1.82) is 0 Å². The van der Waals surface area contributed by atoms with E-state index in [-0.39, 0.29) is 6.04 Å². The molecule has 1 aliphatic rings. The molecule has 0 amide bonds. The number of aryl methyl sites for hydroxylation is 1. The van der Waals surface area contributed by atoms with Crippen molar-refractivity contribution in [2.75, 3.05) is 18.0 Å². The van der Waals surface area contributed by atoms with Crippen molar-refractivity contribution in [3.8, 4) is 0 Å². The predicted molar refractivity (Wildman–Crippen MR) is 80.9 cm³/mol. The first-order valence-corrected chi connectivity index (χ1v) is 8.82. The molecule has 0 bridgehead atoms. The molecule has 19 heavy (non-hydrogen) atoms. The highest BCUT2D eigenvalue weighted by atomic mass is 32.2. The Morgan fingerprint density at radius 3 is 2.68 bits per heavy atom. The number of nitrogen functional groups attached to an aromatic ring is 1. The predicted octanol–water partition coefficient (Wildman–Crippen LogP) is 2.09. The van der Waals surface area contributed by atoms with Gasteiger partial charge < -0.3 is 5.73 Å². The average molecular weight is 300 g/mol. The summed E-state index contributed by atoms with van der Waals surface area (Å²) in [6.07, 6.45) is 0. The van der Waals surface area contributed by atoms with Gasteiger partial charge in [-0.2, -0.15) is 16.1 Å². The molecule has 0 radical (unpaired) electrons. The molecular formula is C13H20N2O2S2. The highest BCUT2D eigenvalue weighted by Crippen LogP contribution is 2.30. The molecule has 0 spiro atoms. The molecule has 1 saturated heterocycles. The smallest absolute Gasteiger partial charge is 0.243 e. The fourth-order valence-electron chi connectivity index (χ4n) is 2.16. The fraction of sp³-hybridized carbons (Fsp3) is 0.538. The summed E-state index contributed by atoms with van der Waals surface area (Å²) in [6, 6.07) is 4.96. The van der Waals surface area contributed by atoms with Crippen LogP contribution in [0.15, 0.2) is 23.1 Å². The minimum Gasteiger partial charge on any atom is -0.398 e. The molecule has 106 valence electrons. The molecule has 4 nitrogen and oxygen atoms in total. The second-order valence-corrected chi connectivity index (χ2v) is 8.33. The Kier molecular flexibility index (Phi) is 4.13. The summed E-state index contributed by atoms with van der Waals surface area (Å²) in [7, 11) is -3.44. The zero-order valence-electron chi connectivity index (χ0n) is 11.5. The summed E-state index contributed by atoms with van der Waals surface area (Å²) in [5.41, 5.74) is 7.24. The second kappa shape index (κ2) is 5.34. The lowest BCUT2D eigenvalue weighted by Crippen LogP contribution is -2.47. The minimum atomic E-state index is -3.44. The molecule has 1 aromatic carbocycles. The zero-order valence-corrected chi connectivity index (χ0v) is 13.1. The Labute approximate surface area is 119 Å². The van der Waals surface area contributed by atoms with Crippen LogP contribution < -0.4 is 5.73 Å². The molecule has 2 atom stereocenters. The van der Waals surface area contributed by atoms with Crippen molar-refractivity contribution in [2.45, 2.75) is 37.0 Å². The van der Waals surface area contributed by atoms with Gasteiger partial charge in [-0.15, -0.1) is 0 Å². The van der Waals surface area contributed by atoms with Crippen LogP contribution in [0.1, 0.15) is 19.4 Å². The first kappa shape index (κ1) is 14.7. The van der Waals surface area contributed by atoms with Crippen molar-refractivity contribution < 1.29 is 8.42 Å². The van der Waals surface area contributed by atoms with Crippen LogP contribution >= 0.6 is 11.8 Å². The van der Waals surface area contributed by atoms with E-state index in [0.29, 0.717) is 22.4 Å². The molecule has 0 saturated carbocycles. The third kappa shape index (κ3) is 2.75. The Balaban J connectivity index is 2.38. The quantitative estimate of drug-likeness (QED) is 0.850. The van der Waals surface area contributed by atoms with Crippen LogP contribution in [-0.4, -0.2) is 36.3 Å². The number of hydrogen-bond donors (Lipinski definition) is 1. The summed E-state index contributed by atoms with van der Waals surface area (Å²) in [4.78, 5) is 0.293. The minimum absolute atomic E-state index is 0.00581. The van der Waals surface area contributed by atoms with Gasteiger partial charge in [0.05, 0.1) is 4.90 Å². The SMILES string of the molecule is Cc1ccc(S(=O)(=O)N2CCSC(C)C2C)cc1N. The average Bonchev–Trinajstić information content (AvgIpc) is 2.35. The van der Waals surface area contributed by atoms with Crippen molar-refractivity contribution in [2.24, 2.45) is 0 Å². The lowest BCUT2D eigenvalue weighted by Gasteiger charge is -2.36. The van der Waals surface area contributed by atoms with E-state index in [1.807, 2.05) is 25.6 Å². The number of rotatable bonds is 2. The summed E-state index contributed by atoms with van der Waals surface area (Å²) < 4.78 is 26.9. The number of nitrogens with zero attached hydrogens (tertiary/aromatic N) is 1. The van der Waals surface area contributed by atoms with E-state index in [0.717, 1.165) is 11.3 Å². The summed E-state index contributed by atoms with van der Waals surface area (Å²) in [5.74, 6) is 0.839. The first-order valence-electron chi connectivity index (χ1n) is 6.33. The van der Waals surface area contributed by atoms with Crippen LogP contribution in [0.4, 0.5) is 5.69 Å². The number of anilines is 1. The van der Waals surface area contributed by atoms with E-state index in [9.17, 15) is 8.42 Å². The molecule has 1 fully saturated rings. The van der Waals surface area contributed by atoms with Crippen molar-refractivity contribution in [3.05, 3.63) is 23.8 Å². The van der Waals surface area contributed by atoms with Gasteiger partial charge in [-0.3, -0.25) is 0 Å². The van der Waals surface area contributed by atoms with Gasteiger partial charge in [0, 0.05) is 29.3 Å². The first-order chi connectivity index (χ1) is 8.84. The normalized spacial score (nSPS) is 25.4. The number of hydrogen-bond acceptors (Lipinski definition) is 4. The van der Waals surface area contributed by atoms with Crippen LogP contribution in [0.2, 0.25) is 0 Å². The molecule has 6 heteroatoms. The van der Waals surface area contributed by atoms with Gasteiger partial charge in [0.25, 0.3) is 0 Å². The molecule has 0 aromatic heterocycles. The highest BCUT2D eigenvalue weighted by molar-refractivity contribution is 8.00. The van der Waals surface area contributed by atoms with Gasteiger partial charge in [0.1, 0.15) is 0 Å². The van der Waals surface area contributed by atoms with E-state index in [1.54, 1.807) is 22.5 Å². The largest absolute Gasteiger partial charge is 0.398 e. The Hall–Kier alpha value is -0.720. The third-order valence-corrected chi connectivity index (χ3v) is 7.00. The van der Waals surface area contributed by atoms with Crippen molar-refractivity contribution >= 4 is 27.5 Å². The Morgan fingerprint density at radius 2 is 2.05 bits per heavy atom. The highest BCUT2D eigenvalue weighted by Gasteiger charge is 2.34. The molecule has 1 aromatic rings. The lowest BCUT2D eigenvalue weighted by molar-refractivity contribution is 0.340. The van der Waals surface area contributed by atoms with Crippen LogP contribution in [-0.2, 0) is 10.0 Å². The Bertz CT molecular complexity index is 572. The van der Waals surface area contributed by atoms with E-state index >= 15 is 0 Å². The van der Waals surface area contributed by atoms with Crippen molar-refractivity contribution in [1.82, 2.24) is 4.31 Å². The number of benzene rings is 1. The summed E-state index contributed by atoms with van der Waals surface area (Å²) >= 11 is 1.82. The van der Waals surface area contributed by atoms with Gasteiger partial charge in [-0.25, -0.2) is 8.42 Å². The van der Waals surface area contributed by atoms with Gasteiger partial charge in [-0.1, -0.05) is 13.0 Å². The number of nitrogens with two attached hydrogens (primary N) is 1. The second-order valence-electron chi connectivity index (χ2n) is 4.95. The lowest BCUT2D eigenvalue weighted by atomic mass is 10.2. The molecule has 2 unspecified atom stereocenters.